The van der Waals surface area contributed by atoms with Crippen molar-refractivity contribution in [3.8, 4) is 0 Å². The zero-order valence-corrected chi connectivity index (χ0v) is 16.3. The van der Waals surface area contributed by atoms with Crippen LogP contribution >= 0.6 is 7.92 Å². The van der Waals surface area contributed by atoms with Crippen LogP contribution in [-0.2, 0) is 14.2 Å². The summed E-state index contributed by atoms with van der Waals surface area (Å²) in [5.41, 5.74) is 1.13. The Labute approximate surface area is 162 Å². The molecule has 3 aromatic rings. The second kappa shape index (κ2) is 8.86. The lowest BCUT2D eigenvalue weighted by molar-refractivity contribution is -0.225. The van der Waals surface area contributed by atoms with Crippen LogP contribution < -0.4 is 15.9 Å². The van der Waals surface area contributed by atoms with Crippen molar-refractivity contribution in [3.63, 3.8) is 0 Å². The predicted molar refractivity (Wildman–Crippen MR) is 111 cm³/mol. The quantitative estimate of drug-likeness (QED) is 0.484. The number of hydrogen-bond acceptors (Lipinski definition) is 3. The molecule has 4 heteroatoms. The second-order valence-electron chi connectivity index (χ2n) is 6.58. The topological polar surface area (TPSA) is 27.7 Å². The van der Waals surface area contributed by atoms with Gasteiger partial charge in [0.15, 0.2) is 0 Å². The predicted octanol–water partition coefficient (Wildman–Crippen LogP) is 3.61. The molecule has 0 aliphatic carbocycles. The molecule has 0 bridgehead atoms. The molecule has 4 rings (SSSR count). The Morgan fingerprint density at radius 1 is 1.00 bits per heavy atom. The summed E-state index contributed by atoms with van der Waals surface area (Å²) >= 11 is 0. The molecule has 1 heterocycles. The molecule has 0 spiro atoms. The molecule has 0 saturated carbocycles. The smallest absolute Gasteiger partial charge is 0.129 e. The summed E-state index contributed by atoms with van der Waals surface area (Å²) in [4.78, 5) is 0. The van der Waals surface area contributed by atoms with Crippen LogP contribution in [0.15, 0.2) is 78.9 Å². The van der Waals surface area contributed by atoms with E-state index < -0.39 is 7.92 Å². The van der Waals surface area contributed by atoms with Crippen molar-refractivity contribution in [2.24, 2.45) is 0 Å². The number of benzene rings is 2. The van der Waals surface area contributed by atoms with Crippen LogP contribution in [0.2, 0.25) is 0 Å². The molecule has 1 aliphatic rings. The summed E-state index contributed by atoms with van der Waals surface area (Å²) in [6.07, 6.45) is 0.615. The molecule has 3 aromatic carbocycles. The summed E-state index contributed by atoms with van der Waals surface area (Å²) in [6, 6.07) is 27.9. The van der Waals surface area contributed by atoms with E-state index in [9.17, 15) is 0 Å². The number of rotatable bonds is 6. The molecule has 2 atom stereocenters. The molecule has 140 valence electrons. The van der Waals surface area contributed by atoms with Crippen LogP contribution in [-0.4, -0.2) is 26.4 Å². The molecule has 1 fully saturated rings. The lowest BCUT2D eigenvalue weighted by Crippen LogP contribution is -2.32. The third-order valence-electron chi connectivity index (χ3n) is 4.73. The summed E-state index contributed by atoms with van der Waals surface area (Å²) in [5, 5.41) is 3.95. The largest absolute Gasteiger partial charge is 0.382 e. The van der Waals surface area contributed by atoms with Crippen molar-refractivity contribution < 1.29 is 14.2 Å². The summed E-state index contributed by atoms with van der Waals surface area (Å²) in [5.74, 6) is 0. The van der Waals surface area contributed by atoms with Crippen LogP contribution in [0.1, 0.15) is 18.3 Å². The Morgan fingerprint density at radius 2 is 1.67 bits per heavy atom. The maximum atomic E-state index is 6.20. The Kier molecular flexibility index (Phi) is 6.06. The lowest BCUT2D eigenvalue weighted by Gasteiger charge is -2.35. The van der Waals surface area contributed by atoms with E-state index in [-0.39, 0.29) is 12.4 Å². The maximum absolute atomic E-state index is 6.20. The van der Waals surface area contributed by atoms with Gasteiger partial charge in [-0.2, -0.15) is 12.1 Å². The third kappa shape index (κ3) is 4.17. The Hall–Kier alpha value is -1.90. The first-order chi connectivity index (χ1) is 13.4. The van der Waals surface area contributed by atoms with Crippen molar-refractivity contribution in [1.29, 1.82) is 0 Å². The summed E-state index contributed by atoms with van der Waals surface area (Å²) < 4.78 is 17.5. The van der Waals surface area contributed by atoms with Crippen LogP contribution in [0.4, 0.5) is 0 Å². The molecule has 1 saturated heterocycles. The van der Waals surface area contributed by atoms with Crippen molar-refractivity contribution >= 4 is 23.8 Å². The molecule has 27 heavy (non-hydrogen) atoms. The van der Waals surface area contributed by atoms with Crippen LogP contribution in [0.5, 0.6) is 0 Å². The molecule has 0 amide bonds. The first kappa shape index (κ1) is 18.5. The highest BCUT2D eigenvalue weighted by atomic mass is 31.1. The van der Waals surface area contributed by atoms with Gasteiger partial charge < -0.3 is 14.2 Å². The van der Waals surface area contributed by atoms with Gasteiger partial charge in [-0.3, -0.25) is 0 Å². The van der Waals surface area contributed by atoms with Gasteiger partial charge in [0.2, 0.25) is 0 Å². The highest BCUT2D eigenvalue weighted by Gasteiger charge is 2.25. The van der Waals surface area contributed by atoms with Gasteiger partial charge in [0, 0.05) is 7.11 Å². The highest BCUT2D eigenvalue weighted by molar-refractivity contribution is 7.79. The van der Waals surface area contributed by atoms with Gasteiger partial charge in [0.05, 0.1) is 19.3 Å². The molecule has 0 aromatic heterocycles. The van der Waals surface area contributed by atoms with Gasteiger partial charge in [-0.05, 0) is 25.0 Å². The fraction of sp³-hybridized carbons (Fsp3) is 0.261. The Morgan fingerprint density at radius 3 is 2.30 bits per heavy atom. The fourth-order valence-electron chi connectivity index (χ4n) is 3.47. The summed E-state index contributed by atoms with van der Waals surface area (Å²) in [7, 11) is 1.05. The average molecular weight is 379 g/mol. The maximum Gasteiger partial charge on any atom is 0.129 e. The molecule has 0 radical (unpaired) electrons. The monoisotopic (exact) mass is 379 g/mol. The molecule has 0 N–H and O–H groups in total. The van der Waals surface area contributed by atoms with Gasteiger partial charge in [-0.25, -0.2) is 6.07 Å². The highest BCUT2D eigenvalue weighted by Crippen LogP contribution is 2.38. The SMILES string of the molecule is COC[C@@H]1CCO[C@H](c2cc[cH-]c2P(c2ccccc2)c2ccccc2)O1. The van der Waals surface area contributed by atoms with Gasteiger partial charge in [-0.15, -0.1) is 10.9 Å². The van der Waals surface area contributed by atoms with Crippen molar-refractivity contribution in [3.05, 3.63) is 84.4 Å². The normalized spacial score (nSPS) is 20.1. The van der Waals surface area contributed by atoms with E-state index in [1.54, 1.807) is 7.11 Å². The van der Waals surface area contributed by atoms with E-state index >= 15 is 0 Å². The minimum absolute atomic E-state index is 0.0798. The number of ether oxygens (including phenoxy) is 3. The summed E-state index contributed by atoms with van der Waals surface area (Å²) in [6.45, 7) is 1.29. The van der Waals surface area contributed by atoms with E-state index in [2.05, 4.69) is 78.9 Å². The molecule has 1 aliphatic heterocycles. The van der Waals surface area contributed by atoms with Crippen LogP contribution in [0.25, 0.3) is 0 Å². The second-order valence-corrected chi connectivity index (χ2v) is 8.76. The standard InChI is InChI=1S/C23H24O3P/c1-24-17-18-15-16-25-23(26-18)21-13-8-14-22(21)27(19-9-4-2-5-10-19)20-11-6-3-7-12-20/h2-14,18,23H,15-17H2,1H3/q-1/t18-,23-/m0/s1. The average Bonchev–Trinajstić information content (AvgIpc) is 3.20. The van der Waals surface area contributed by atoms with Gasteiger partial charge in [-0.1, -0.05) is 60.7 Å². The Bertz CT molecular complexity index is 790. The van der Waals surface area contributed by atoms with Gasteiger partial charge in [0.25, 0.3) is 0 Å². The zero-order valence-electron chi connectivity index (χ0n) is 15.5. The molecule has 0 unspecified atom stereocenters. The van der Waals surface area contributed by atoms with E-state index in [4.69, 9.17) is 14.2 Å². The van der Waals surface area contributed by atoms with Crippen molar-refractivity contribution in [2.45, 2.75) is 18.8 Å². The molecular formula is C23H24O3P-. The zero-order chi connectivity index (χ0) is 18.5. The van der Waals surface area contributed by atoms with E-state index in [0.29, 0.717) is 13.2 Å². The fourth-order valence-corrected chi connectivity index (χ4v) is 5.94. The minimum Gasteiger partial charge on any atom is -0.382 e. The first-order valence-electron chi connectivity index (χ1n) is 9.28. The van der Waals surface area contributed by atoms with Gasteiger partial charge >= 0.3 is 0 Å². The van der Waals surface area contributed by atoms with Gasteiger partial charge in [0.1, 0.15) is 6.29 Å². The number of methoxy groups -OCH3 is 1. The van der Waals surface area contributed by atoms with Crippen molar-refractivity contribution in [1.82, 2.24) is 0 Å². The van der Waals surface area contributed by atoms with E-state index in [1.807, 2.05) is 0 Å². The van der Waals surface area contributed by atoms with Crippen molar-refractivity contribution in [2.75, 3.05) is 20.3 Å². The molecular weight excluding hydrogens is 355 g/mol. The lowest BCUT2D eigenvalue weighted by atomic mass is 10.2. The Balaban J connectivity index is 1.71. The third-order valence-corrected chi connectivity index (χ3v) is 7.25. The first-order valence-corrected chi connectivity index (χ1v) is 10.6. The van der Waals surface area contributed by atoms with E-state index in [1.165, 1.54) is 15.9 Å². The molecule has 3 nitrogen and oxygen atoms in total. The van der Waals surface area contributed by atoms with Crippen LogP contribution in [0, 0.1) is 0 Å². The van der Waals surface area contributed by atoms with E-state index in [0.717, 1.165) is 12.0 Å². The van der Waals surface area contributed by atoms with Crippen LogP contribution in [0.3, 0.4) is 0 Å². The minimum atomic E-state index is -0.668. The number of hydrogen-bond donors (Lipinski definition) is 0.